The molecule has 2 aromatic rings. The molecule has 29 heavy (non-hydrogen) atoms. The summed E-state index contributed by atoms with van der Waals surface area (Å²) in [7, 11) is 0. The molecule has 152 valence electrons. The summed E-state index contributed by atoms with van der Waals surface area (Å²) in [5, 5.41) is 0. The van der Waals surface area contributed by atoms with Gasteiger partial charge in [0.1, 0.15) is 15.8 Å². The first-order chi connectivity index (χ1) is 14.0. The van der Waals surface area contributed by atoms with Crippen molar-refractivity contribution in [2.75, 3.05) is 37.7 Å². The molecular weight excluding hydrogens is 408 g/mol. The molecule has 4 heterocycles. The van der Waals surface area contributed by atoms with Crippen LogP contribution in [0.15, 0.2) is 28.0 Å². The number of morpholine rings is 1. The molecule has 0 atom stereocenters. The van der Waals surface area contributed by atoms with Gasteiger partial charge in [-0.3, -0.25) is 18.9 Å². The number of thiocarbonyl (C=S) groups is 1. The molecule has 9 heteroatoms. The molecule has 2 saturated heterocycles. The topological polar surface area (TPSA) is 67.2 Å². The van der Waals surface area contributed by atoms with Crippen LogP contribution in [-0.2, 0) is 9.53 Å². The molecule has 4 rings (SSSR count). The van der Waals surface area contributed by atoms with Crippen LogP contribution in [0.4, 0.5) is 5.82 Å². The van der Waals surface area contributed by atoms with Crippen molar-refractivity contribution < 1.29 is 9.53 Å². The van der Waals surface area contributed by atoms with E-state index in [1.165, 1.54) is 16.2 Å². The second-order valence-electron chi connectivity index (χ2n) is 7.02. The van der Waals surface area contributed by atoms with Gasteiger partial charge in [0.15, 0.2) is 0 Å². The standard InChI is InChI=1S/C20H22N4O3S2/c1-3-6-23-19(26)15(29-20(23)28)11-14-17(22-7-9-27-10-8-22)21-16-5-4-13(2)12-24(16)18(14)25/h4-5,11-12H,3,6-10H2,1-2H3/b15-11+. The fourth-order valence-electron chi connectivity index (χ4n) is 3.44. The van der Waals surface area contributed by atoms with Crippen LogP contribution in [0.3, 0.4) is 0 Å². The molecule has 2 fully saturated rings. The van der Waals surface area contributed by atoms with Crippen LogP contribution in [0.25, 0.3) is 11.7 Å². The second kappa shape index (κ2) is 8.25. The monoisotopic (exact) mass is 430 g/mol. The van der Waals surface area contributed by atoms with Crippen LogP contribution in [0.2, 0.25) is 0 Å². The molecule has 0 aliphatic carbocycles. The van der Waals surface area contributed by atoms with Gasteiger partial charge in [0, 0.05) is 25.8 Å². The van der Waals surface area contributed by atoms with E-state index in [2.05, 4.69) is 0 Å². The van der Waals surface area contributed by atoms with Crippen molar-refractivity contribution in [2.24, 2.45) is 0 Å². The number of ether oxygens (including phenoxy) is 1. The number of rotatable bonds is 4. The molecular formula is C20H22N4O3S2. The Labute approximate surface area is 178 Å². The number of hydrogen-bond acceptors (Lipinski definition) is 7. The predicted octanol–water partition coefficient (Wildman–Crippen LogP) is 2.45. The number of thioether (sulfide) groups is 1. The van der Waals surface area contributed by atoms with E-state index in [1.54, 1.807) is 17.2 Å². The zero-order chi connectivity index (χ0) is 20.5. The number of pyridine rings is 1. The molecule has 0 saturated carbocycles. The van der Waals surface area contributed by atoms with E-state index in [0.717, 1.165) is 12.0 Å². The van der Waals surface area contributed by atoms with Crippen molar-refractivity contribution >= 4 is 51.7 Å². The van der Waals surface area contributed by atoms with Crippen molar-refractivity contribution in [1.82, 2.24) is 14.3 Å². The Morgan fingerprint density at radius 2 is 2.03 bits per heavy atom. The maximum absolute atomic E-state index is 13.4. The average molecular weight is 431 g/mol. The first-order valence-corrected chi connectivity index (χ1v) is 10.8. The van der Waals surface area contributed by atoms with Gasteiger partial charge in [-0.1, -0.05) is 37.0 Å². The zero-order valence-electron chi connectivity index (χ0n) is 16.4. The van der Waals surface area contributed by atoms with Gasteiger partial charge >= 0.3 is 0 Å². The lowest BCUT2D eigenvalue weighted by Gasteiger charge is -2.29. The fraction of sp³-hybridized carbons (Fsp3) is 0.400. The maximum Gasteiger partial charge on any atom is 0.267 e. The van der Waals surface area contributed by atoms with Crippen LogP contribution in [0.5, 0.6) is 0 Å². The van der Waals surface area contributed by atoms with Gasteiger partial charge in [0.25, 0.3) is 11.5 Å². The summed E-state index contributed by atoms with van der Waals surface area (Å²) < 4.78 is 7.52. The van der Waals surface area contributed by atoms with Crippen molar-refractivity contribution in [3.05, 3.63) is 44.7 Å². The van der Waals surface area contributed by atoms with Crippen LogP contribution < -0.4 is 10.5 Å². The van der Waals surface area contributed by atoms with Crippen molar-refractivity contribution in [3.63, 3.8) is 0 Å². The van der Waals surface area contributed by atoms with Gasteiger partial charge in [-0.15, -0.1) is 0 Å². The van der Waals surface area contributed by atoms with Gasteiger partial charge in [-0.25, -0.2) is 4.98 Å². The number of anilines is 1. The molecule has 2 aliphatic rings. The first-order valence-electron chi connectivity index (χ1n) is 9.60. The first kappa shape index (κ1) is 20.1. The van der Waals surface area contributed by atoms with Crippen LogP contribution in [0.1, 0.15) is 24.5 Å². The highest BCUT2D eigenvalue weighted by molar-refractivity contribution is 8.26. The molecule has 0 radical (unpaired) electrons. The third-order valence-electron chi connectivity index (χ3n) is 4.89. The SMILES string of the molecule is CCCN1C(=O)/C(=C\c2c(N3CCOCC3)nc3ccc(C)cn3c2=O)SC1=S. The Hall–Kier alpha value is -2.23. The Kier molecular flexibility index (Phi) is 5.71. The Bertz CT molecular complexity index is 1070. The smallest absolute Gasteiger partial charge is 0.267 e. The zero-order valence-corrected chi connectivity index (χ0v) is 18.0. The lowest BCUT2D eigenvalue weighted by Crippen LogP contribution is -2.38. The molecule has 0 bridgehead atoms. The number of aryl methyl sites for hydroxylation is 1. The highest BCUT2D eigenvalue weighted by atomic mass is 32.2. The molecule has 0 aromatic carbocycles. The van der Waals surface area contributed by atoms with Gasteiger partial charge in [-0.2, -0.15) is 0 Å². The highest BCUT2D eigenvalue weighted by Crippen LogP contribution is 2.33. The molecule has 0 spiro atoms. The van der Waals surface area contributed by atoms with E-state index in [4.69, 9.17) is 21.9 Å². The number of fused-ring (bicyclic) bond motifs is 1. The summed E-state index contributed by atoms with van der Waals surface area (Å²) in [6.45, 7) is 6.95. The predicted molar refractivity (Wildman–Crippen MR) is 119 cm³/mol. The molecule has 0 N–H and O–H groups in total. The van der Waals surface area contributed by atoms with E-state index < -0.39 is 0 Å². The highest BCUT2D eigenvalue weighted by Gasteiger charge is 2.32. The Balaban J connectivity index is 1.87. The summed E-state index contributed by atoms with van der Waals surface area (Å²) in [4.78, 5) is 35.1. The van der Waals surface area contributed by atoms with E-state index in [-0.39, 0.29) is 11.5 Å². The van der Waals surface area contributed by atoms with Crippen LogP contribution >= 0.6 is 24.0 Å². The molecule has 1 amide bonds. The number of carbonyl (C=O) groups excluding carboxylic acids is 1. The summed E-state index contributed by atoms with van der Waals surface area (Å²) in [5.74, 6) is 0.437. The number of carbonyl (C=O) groups is 1. The van der Waals surface area contributed by atoms with Gasteiger partial charge < -0.3 is 9.64 Å². The molecule has 7 nitrogen and oxygen atoms in total. The Morgan fingerprint density at radius 1 is 1.28 bits per heavy atom. The van der Waals surface area contributed by atoms with Crippen molar-refractivity contribution in [1.29, 1.82) is 0 Å². The van der Waals surface area contributed by atoms with Gasteiger partial charge in [-0.05, 0) is 31.1 Å². The van der Waals surface area contributed by atoms with E-state index in [0.29, 0.717) is 59.1 Å². The minimum atomic E-state index is -0.194. The third-order valence-corrected chi connectivity index (χ3v) is 6.27. The van der Waals surface area contributed by atoms with Gasteiger partial charge in [0.05, 0.1) is 23.7 Å². The third kappa shape index (κ3) is 3.82. The van der Waals surface area contributed by atoms with E-state index >= 15 is 0 Å². The van der Waals surface area contributed by atoms with Crippen LogP contribution in [-0.4, -0.2) is 57.4 Å². The van der Waals surface area contributed by atoms with Gasteiger partial charge in [0.2, 0.25) is 0 Å². The summed E-state index contributed by atoms with van der Waals surface area (Å²) in [5.41, 5.74) is 1.76. The lowest BCUT2D eigenvalue weighted by atomic mass is 10.2. The maximum atomic E-state index is 13.4. The summed E-state index contributed by atoms with van der Waals surface area (Å²) in [6, 6.07) is 3.77. The van der Waals surface area contributed by atoms with E-state index in [1.807, 2.05) is 30.9 Å². The van der Waals surface area contributed by atoms with Crippen LogP contribution in [0, 0.1) is 6.92 Å². The van der Waals surface area contributed by atoms with E-state index in [9.17, 15) is 9.59 Å². The molecule has 2 aromatic heterocycles. The lowest BCUT2D eigenvalue weighted by molar-refractivity contribution is -0.122. The number of hydrogen-bond donors (Lipinski definition) is 0. The number of amides is 1. The second-order valence-corrected chi connectivity index (χ2v) is 8.70. The van der Waals surface area contributed by atoms with Crippen molar-refractivity contribution in [2.45, 2.75) is 20.3 Å². The average Bonchev–Trinajstić information content (AvgIpc) is 2.99. The van der Waals surface area contributed by atoms with Crippen molar-refractivity contribution in [3.8, 4) is 0 Å². The number of nitrogens with zero attached hydrogens (tertiary/aromatic N) is 4. The summed E-state index contributed by atoms with van der Waals surface area (Å²) in [6.07, 6.45) is 4.25. The fourth-order valence-corrected chi connectivity index (χ4v) is 4.73. The minimum Gasteiger partial charge on any atom is -0.378 e. The molecule has 0 unspecified atom stereocenters. The number of aromatic nitrogens is 2. The quantitative estimate of drug-likeness (QED) is 0.545. The summed E-state index contributed by atoms with van der Waals surface area (Å²) >= 11 is 6.60. The Morgan fingerprint density at radius 3 is 2.76 bits per heavy atom. The largest absolute Gasteiger partial charge is 0.378 e. The molecule has 2 aliphatic heterocycles. The normalized spacial score (nSPS) is 19.0. The minimum absolute atomic E-state index is 0.150.